The molecule has 2 rings (SSSR count). The Morgan fingerprint density at radius 3 is 2.60 bits per heavy atom. The van der Waals surface area contributed by atoms with Crippen molar-refractivity contribution in [2.45, 2.75) is 13.0 Å². The number of likely N-dealkylation sites (N-methyl/N-ethyl adjacent to an activating group) is 1. The first-order valence-corrected chi connectivity index (χ1v) is 7.27. The normalized spacial score (nSPS) is 12.4. The van der Waals surface area contributed by atoms with Crippen LogP contribution in [0.2, 0.25) is 10.0 Å². The molecule has 1 N–H and O–H groups in total. The Hall–Kier alpha value is -1.30. The van der Waals surface area contributed by atoms with Crippen LogP contribution in [0.5, 0.6) is 0 Å². The van der Waals surface area contributed by atoms with Gasteiger partial charge in [0, 0.05) is 22.2 Å². The minimum atomic E-state index is -1.07. The Kier molecular flexibility index (Phi) is 4.22. The number of carboxylic acids is 1. The van der Waals surface area contributed by atoms with E-state index in [4.69, 9.17) is 28.3 Å². The molecule has 0 aliphatic carbocycles. The summed E-state index contributed by atoms with van der Waals surface area (Å²) in [6.07, 6.45) is 0. The minimum absolute atomic E-state index is 0.319. The molecule has 1 aromatic heterocycles. The zero-order valence-corrected chi connectivity index (χ0v) is 13.0. The summed E-state index contributed by atoms with van der Waals surface area (Å²) >= 11 is 13.3. The molecule has 4 nitrogen and oxygen atoms in total. The highest BCUT2D eigenvalue weighted by Crippen LogP contribution is 2.37. The molecule has 0 fully saturated rings. The zero-order chi connectivity index (χ0) is 15.0. The molecule has 7 heteroatoms. The molecule has 1 amide bonds. The van der Waals surface area contributed by atoms with E-state index in [2.05, 4.69) is 0 Å². The van der Waals surface area contributed by atoms with Crippen LogP contribution in [0.15, 0.2) is 18.2 Å². The third-order valence-corrected chi connectivity index (χ3v) is 4.92. The van der Waals surface area contributed by atoms with Crippen LogP contribution in [0.1, 0.15) is 16.6 Å². The zero-order valence-electron chi connectivity index (χ0n) is 10.7. The number of thiophene rings is 1. The highest BCUT2D eigenvalue weighted by molar-refractivity contribution is 7.21. The minimum Gasteiger partial charge on any atom is -0.480 e. The molecule has 0 bridgehead atoms. The smallest absolute Gasteiger partial charge is 0.326 e. The molecular weight excluding hydrogens is 321 g/mol. The first-order valence-electron chi connectivity index (χ1n) is 5.70. The quantitative estimate of drug-likeness (QED) is 0.931. The molecular formula is C13H11Cl2NO3S. The first kappa shape index (κ1) is 15.1. The Balaban J connectivity index is 2.45. The maximum Gasteiger partial charge on any atom is 0.326 e. The number of carboxylic acid groups (broad SMARTS) is 1. The van der Waals surface area contributed by atoms with E-state index >= 15 is 0 Å². The SMILES string of the molecule is CC(C(=O)O)N(C)C(=O)c1sc2cc(Cl)ccc2c1Cl. The molecule has 20 heavy (non-hydrogen) atoms. The Labute approximate surface area is 129 Å². The maximum absolute atomic E-state index is 12.3. The molecule has 0 spiro atoms. The topological polar surface area (TPSA) is 57.6 Å². The van der Waals surface area contributed by atoms with Crippen molar-refractivity contribution >= 4 is 56.5 Å². The van der Waals surface area contributed by atoms with Crippen LogP contribution >= 0.6 is 34.5 Å². The lowest BCUT2D eigenvalue weighted by atomic mass is 10.2. The van der Waals surface area contributed by atoms with Gasteiger partial charge in [-0.05, 0) is 19.1 Å². The number of carbonyl (C=O) groups is 2. The van der Waals surface area contributed by atoms with Gasteiger partial charge in [0.2, 0.25) is 0 Å². The van der Waals surface area contributed by atoms with Crippen LogP contribution < -0.4 is 0 Å². The van der Waals surface area contributed by atoms with Crippen LogP contribution in [-0.2, 0) is 4.79 Å². The number of hydrogen-bond acceptors (Lipinski definition) is 3. The highest BCUT2D eigenvalue weighted by atomic mass is 35.5. The van der Waals surface area contributed by atoms with Gasteiger partial charge in [0.1, 0.15) is 10.9 Å². The van der Waals surface area contributed by atoms with E-state index < -0.39 is 17.9 Å². The van der Waals surface area contributed by atoms with E-state index in [1.54, 1.807) is 18.2 Å². The summed E-state index contributed by atoms with van der Waals surface area (Å²) in [7, 11) is 1.44. The average Bonchev–Trinajstić information content (AvgIpc) is 2.72. The number of hydrogen-bond donors (Lipinski definition) is 1. The van der Waals surface area contributed by atoms with Gasteiger partial charge in [0.15, 0.2) is 0 Å². The fourth-order valence-corrected chi connectivity index (χ4v) is 3.45. The van der Waals surface area contributed by atoms with Crippen LogP contribution in [0.4, 0.5) is 0 Å². The van der Waals surface area contributed by atoms with Crippen molar-refractivity contribution in [3.63, 3.8) is 0 Å². The van der Waals surface area contributed by atoms with Gasteiger partial charge in [-0.3, -0.25) is 4.79 Å². The Morgan fingerprint density at radius 1 is 1.35 bits per heavy atom. The predicted octanol–water partition coefficient (Wildman–Crippen LogP) is 3.75. The van der Waals surface area contributed by atoms with Gasteiger partial charge >= 0.3 is 5.97 Å². The second-order valence-electron chi connectivity index (χ2n) is 4.32. The summed E-state index contributed by atoms with van der Waals surface area (Å²) in [5, 5.41) is 10.6. The number of carbonyl (C=O) groups excluding carboxylic acids is 1. The van der Waals surface area contributed by atoms with Crippen molar-refractivity contribution in [3.8, 4) is 0 Å². The fraction of sp³-hybridized carbons (Fsp3) is 0.231. The number of fused-ring (bicyclic) bond motifs is 1. The summed E-state index contributed by atoms with van der Waals surface area (Å²) in [4.78, 5) is 24.7. The first-order chi connectivity index (χ1) is 9.32. The second-order valence-corrected chi connectivity index (χ2v) is 6.18. The third kappa shape index (κ3) is 2.61. The number of benzene rings is 1. The highest BCUT2D eigenvalue weighted by Gasteiger charge is 2.26. The molecule has 1 atom stereocenters. The summed E-state index contributed by atoms with van der Waals surface area (Å²) in [5.41, 5.74) is 0. The number of amides is 1. The lowest BCUT2D eigenvalue weighted by molar-refractivity contribution is -0.141. The van der Waals surface area contributed by atoms with Crippen molar-refractivity contribution < 1.29 is 14.7 Å². The standard InChI is InChI=1S/C13H11Cl2NO3S/c1-6(13(18)19)16(2)12(17)11-10(15)8-4-3-7(14)5-9(8)20-11/h3-6H,1-2H3,(H,18,19). The van der Waals surface area contributed by atoms with Gasteiger partial charge in [-0.25, -0.2) is 4.79 Å². The van der Waals surface area contributed by atoms with Gasteiger partial charge < -0.3 is 10.0 Å². The van der Waals surface area contributed by atoms with Crippen molar-refractivity contribution in [3.05, 3.63) is 33.1 Å². The molecule has 1 aromatic carbocycles. The molecule has 0 saturated carbocycles. The van der Waals surface area contributed by atoms with E-state index in [0.29, 0.717) is 14.9 Å². The molecule has 0 aliphatic heterocycles. The van der Waals surface area contributed by atoms with E-state index in [1.165, 1.54) is 25.3 Å². The van der Waals surface area contributed by atoms with Crippen LogP contribution in [0.25, 0.3) is 10.1 Å². The summed E-state index contributed by atoms with van der Waals surface area (Å²) in [6, 6.07) is 4.24. The van der Waals surface area contributed by atoms with E-state index in [0.717, 1.165) is 15.0 Å². The molecule has 106 valence electrons. The monoisotopic (exact) mass is 331 g/mol. The largest absolute Gasteiger partial charge is 0.480 e. The lowest BCUT2D eigenvalue weighted by Crippen LogP contribution is -2.40. The van der Waals surface area contributed by atoms with E-state index in [1.807, 2.05) is 0 Å². The lowest BCUT2D eigenvalue weighted by Gasteiger charge is -2.20. The molecule has 0 radical (unpaired) electrons. The molecule has 2 aromatic rings. The Bertz CT molecular complexity index is 698. The summed E-state index contributed by atoms with van der Waals surface area (Å²) < 4.78 is 0.794. The number of halogens is 2. The molecule has 1 unspecified atom stereocenters. The van der Waals surface area contributed by atoms with Crippen molar-refractivity contribution in [1.29, 1.82) is 0 Å². The van der Waals surface area contributed by atoms with Gasteiger partial charge in [-0.15, -0.1) is 11.3 Å². The van der Waals surface area contributed by atoms with Crippen molar-refractivity contribution in [2.75, 3.05) is 7.05 Å². The Morgan fingerprint density at radius 2 is 2.00 bits per heavy atom. The van der Waals surface area contributed by atoms with Gasteiger partial charge in [0.25, 0.3) is 5.91 Å². The van der Waals surface area contributed by atoms with Gasteiger partial charge in [0.05, 0.1) is 5.02 Å². The predicted molar refractivity (Wildman–Crippen MR) is 81.0 cm³/mol. The summed E-state index contributed by atoms with van der Waals surface area (Å²) in [6.45, 7) is 1.44. The summed E-state index contributed by atoms with van der Waals surface area (Å²) in [5.74, 6) is -1.48. The number of rotatable bonds is 3. The fourth-order valence-electron chi connectivity index (χ4n) is 1.68. The van der Waals surface area contributed by atoms with E-state index in [9.17, 15) is 9.59 Å². The molecule has 0 saturated heterocycles. The van der Waals surface area contributed by atoms with E-state index in [-0.39, 0.29) is 0 Å². The van der Waals surface area contributed by atoms with Crippen molar-refractivity contribution in [1.82, 2.24) is 4.90 Å². The molecule has 1 heterocycles. The van der Waals surface area contributed by atoms with Gasteiger partial charge in [-0.2, -0.15) is 0 Å². The third-order valence-electron chi connectivity index (χ3n) is 3.04. The van der Waals surface area contributed by atoms with Crippen LogP contribution in [0.3, 0.4) is 0 Å². The number of nitrogens with zero attached hydrogens (tertiary/aromatic N) is 1. The van der Waals surface area contributed by atoms with Crippen LogP contribution in [-0.4, -0.2) is 35.0 Å². The number of aliphatic carboxylic acids is 1. The molecule has 0 aliphatic rings. The van der Waals surface area contributed by atoms with Gasteiger partial charge in [-0.1, -0.05) is 29.3 Å². The maximum atomic E-state index is 12.3. The van der Waals surface area contributed by atoms with Crippen molar-refractivity contribution in [2.24, 2.45) is 0 Å². The average molecular weight is 332 g/mol. The van der Waals surface area contributed by atoms with Crippen LogP contribution in [0, 0.1) is 0 Å². The second kappa shape index (κ2) is 5.60.